The largest absolute Gasteiger partial charge is 0.484 e. The number of anilines is 1. The van der Waals surface area contributed by atoms with E-state index in [2.05, 4.69) is 5.32 Å². The molecule has 1 fully saturated rings. The third-order valence-electron chi connectivity index (χ3n) is 4.75. The molecule has 1 aliphatic rings. The number of aryl methyl sites for hydroxylation is 2. The number of carbonyl (C=O) groups excluding carboxylic acids is 1. The maximum Gasteiger partial charge on any atom is 0.262 e. The molecule has 0 atom stereocenters. The van der Waals surface area contributed by atoms with Gasteiger partial charge in [-0.15, -0.1) is 0 Å². The monoisotopic (exact) mass is 422 g/mol. The van der Waals surface area contributed by atoms with Crippen LogP contribution in [0.25, 0.3) is 0 Å². The highest BCUT2D eigenvalue weighted by Crippen LogP contribution is 2.29. The normalized spacial score (nSPS) is 14.8. The first-order valence-electron chi connectivity index (χ1n) is 9.07. The minimum atomic E-state index is -3.67. The van der Waals surface area contributed by atoms with Crippen molar-refractivity contribution in [3.8, 4) is 5.75 Å². The molecule has 3 rings (SSSR count). The molecule has 0 aromatic heterocycles. The lowest BCUT2D eigenvalue weighted by Gasteiger charge is -2.17. The van der Waals surface area contributed by atoms with Gasteiger partial charge in [0.15, 0.2) is 6.61 Å². The van der Waals surface area contributed by atoms with Gasteiger partial charge in [-0.05, 0) is 68.1 Å². The van der Waals surface area contributed by atoms with E-state index in [9.17, 15) is 13.2 Å². The molecule has 1 N–H and O–H groups in total. The van der Waals surface area contributed by atoms with E-state index < -0.39 is 10.0 Å². The van der Waals surface area contributed by atoms with Gasteiger partial charge >= 0.3 is 0 Å². The van der Waals surface area contributed by atoms with Crippen LogP contribution in [0.1, 0.15) is 24.0 Å². The lowest BCUT2D eigenvalue weighted by molar-refractivity contribution is -0.118. The number of amides is 1. The fourth-order valence-corrected chi connectivity index (χ4v) is 5.01. The predicted octanol–water partition coefficient (Wildman–Crippen LogP) is 3.76. The highest BCUT2D eigenvalue weighted by atomic mass is 35.5. The summed E-state index contributed by atoms with van der Waals surface area (Å²) in [4.78, 5) is 12.2. The smallest absolute Gasteiger partial charge is 0.262 e. The Bertz CT molecular complexity index is 986. The van der Waals surface area contributed by atoms with Crippen LogP contribution in [0.5, 0.6) is 5.75 Å². The molecule has 0 spiro atoms. The summed E-state index contributed by atoms with van der Waals surface area (Å²) in [7, 11) is -3.67. The van der Waals surface area contributed by atoms with Crippen molar-refractivity contribution in [2.24, 2.45) is 0 Å². The summed E-state index contributed by atoms with van der Waals surface area (Å²) < 4.78 is 32.5. The standard InChI is InChI=1S/C20H23ClN2O4S/c1-14-5-7-17(11-15(14)2)27-13-20(24)22-16-6-8-18(21)19(12-16)28(25,26)23-9-3-4-10-23/h5-8,11-12H,3-4,9-10,13H2,1-2H3,(H,22,24). The highest BCUT2D eigenvalue weighted by molar-refractivity contribution is 7.89. The van der Waals surface area contributed by atoms with Crippen LogP contribution in [0.2, 0.25) is 5.02 Å². The average Bonchev–Trinajstić information content (AvgIpc) is 3.20. The van der Waals surface area contributed by atoms with Crippen LogP contribution in [0.15, 0.2) is 41.3 Å². The number of rotatable bonds is 6. The topological polar surface area (TPSA) is 75.7 Å². The Kier molecular flexibility index (Phi) is 6.27. The van der Waals surface area contributed by atoms with Crippen molar-refractivity contribution in [1.82, 2.24) is 4.31 Å². The van der Waals surface area contributed by atoms with E-state index in [1.807, 2.05) is 26.0 Å². The van der Waals surface area contributed by atoms with Gasteiger partial charge in [0.25, 0.3) is 5.91 Å². The molecule has 0 bridgehead atoms. The minimum Gasteiger partial charge on any atom is -0.484 e. The Morgan fingerprint density at radius 2 is 1.82 bits per heavy atom. The van der Waals surface area contributed by atoms with Crippen LogP contribution in [-0.4, -0.2) is 38.3 Å². The van der Waals surface area contributed by atoms with E-state index >= 15 is 0 Å². The maximum atomic E-state index is 12.8. The van der Waals surface area contributed by atoms with Gasteiger partial charge < -0.3 is 10.1 Å². The molecule has 1 amide bonds. The highest BCUT2D eigenvalue weighted by Gasteiger charge is 2.29. The molecule has 2 aromatic carbocycles. The van der Waals surface area contributed by atoms with Crippen molar-refractivity contribution in [2.45, 2.75) is 31.6 Å². The summed E-state index contributed by atoms with van der Waals surface area (Å²) in [6.07, 6.45) is 1.67. The van der Waals surface area contributed by atoms with Crippen molar-refractivity contribution < 1.29 is 17.9 Å². The predicted molar refractivity (Wildman–Crippen MR) is 109 cm³/mol. The van der Waals surface area contributed by atoms with Gasteiger partial charge in [-0.1, -0.05) is 17.7 Å². The Hall–Kier alpha value is -2.09. The van der Waals surface area contributed by atoms with Gasteiger partial charge in [0.1, 0.15) is 10.6 Å². The number of ether oxygens (including phenoxy) is 1. The second-order valence-corrected chi connectivity index (χ2v) is 9.15. The molecule has 1 heterocycles. The third-order valence-corrected chi connectivity index (χ3v) is 7.13. The first-order valence-corrected chi connectivity index (χ1v) is 10.9. The number of hydrogen-bond donors (Lipinski definition) is 1. The van der Waals surface area contributed by atoms with Crippen molar-refractivity contribution in [1.29, 1.82) is 0 Å². The quantitative estimate of drug-likeness (QED) is 0.769. The number of nitrogens with one attached hydrogen (secondary N) is 1. The Balaban J connectivity index is 1.68. The van der Waals surface area contributed by atoms with Crippen molar-refractivity contribution in [3.05, 3.63) is 52.5 Å². The number of carbonyl (C=O) groups is 1. The lowest BCUT2D eigenvalue weighted by atomic mass is 10.1. The fourth-order valence-electron chi connectivity index (χ4n) is 3.00. The molecule has 0 saturated carbocycles. The fraction of sp³-hybridized carbons (Fsp3) is 0.350. The summed E-state index contributed by atoms with van der Waals surface area (Å²) in [5, 5.41) is 2.80. The van der Waals surface area contributed by atoms with E-state index in [-0.39, 0.29) is 22.4 Å². The average molecular weight is 423 g/mol. The Morgan fingerprint density at radius 3 is 2.50 bits per heavy atom. The second-order valence-electron chi connectivity index (χ2n) is 6.84. The SMILES string of the molecule is Cc1ccc(OCC(=O)Nc2ccc(Cl)c(S(=O)(=O)N3CCCC3)c2)cc1C. The molecule has 0 radical (unpaired) electrons. The number of benzene rings is 2. The van der Waals surface area contributed by atoms with E-state index in [0.29, 0.717) is 24.5 Å². The van der Waals surface area contributed by atoms with E-state index in [4.69, 9.17) is 16.3 Å². The van der Waals surface area contributed by atoms with Crippen LogP contribution in [0, 0.1) is 13.8 Å². The zero-order chi connectivity index (χ0) is 20.3. The molecular weight excluding hydrogens is 400 g/mol. The molecule has 0 aliphatic carbocycles. The van der Waals surface area contributed by atoms with Crippen LogP contribution in [0.3, 0.4) is 0 Å². The molecule has 0 unspecified atom stereocenters. The maximum absolute atomic E-state index is 12.8. The second kappa shape index (κ2) is 8.51. The number of nitrogens with zero attached hydrogens (tertiary/aromatic N) is 1. The first-order chi connectivity index (χ1) is 13.3. The summed E-state index contributed by atoms with van der Waals surface area (Å²) in [6.45, 7) is 4.76. The molecule has 6 nitrogen and oxygen atoms in total. The van der Waals surface area contributed by atoms with Crippen molar-refractivity contribution in [2.75, 3.05) is 25.0 Å². The number of hydrogen-bond acceptors (Lipinski definition) is 4. The van der Waals surface area contributed by atoms with Gasteiger partial charge in [0.2, 0.25) is 10.0 Å². The van der Waals surface area contributed by atoms with E-state index in [0.717, 1.165) is 24.0 Å². The van der Waals surface area contributed by atoms with Crippen LogP contribution < -0.4 is 10.1 Å². The van der Waals surface area contributed by atoms with Crippen molar-refractivity contribution >= 4 is 33.2 Å². The van der Waals surface area contributed by atoms with Crippen LogP contribution >= 0.6 is 11.6 Å². The minimum absolute atomic E-state index is 0.00365. The van der Waals surface area contributed by atoms with Gasteiger partial charge in [-0.3, -0.25) is 4.79 Å². The summed E-state index contributed by atoms with van der Waals surface area (Å²) >= 11 is 6.12. The molecule has 2 aromatic rings. The molecular formula is C20H23ClN2O4S. The van der Waals surface area contributed by atoms with Gasteiger partial charge in [-0.2, -0.15) is 4.31 Å². The summed E-state index contributed by atoms with van der Waals surface area (Å²) in [6, 6.07) is 10.0. The van der Waals surface area contributed by atoms with E-state index in [1.54, 1.807) is 12.1 Å². The van der Waals surface area contributed by atoms with E-state index in [1.165, 1.54) is 16.4 Å². The van der Waals surface area contributed by atoms with Crippen LogP contribution in [-0.2, 0) is 14.8 Å². The first kappa shape index (κ1) is 20.6. The molecule has 1 aliphatic heterocycles. The Morgan fingerprint density at radius 1 is 1.11 bits per heavy atom. The zero-order valence-corrected chi connectivity index (χ0v) is 17.4. The molecule has 150 valence electrons. The summed E-state index contributed by atoms with van der Waals surface area (Å²) in [5.41, 5.74) is 2.58. The Labute approximate surface area is 170 Å². The van der Waals surface area contributed by atoms with Gasteiger partial charge in [-0.25, -0.2) is 8.42 Å². The third kappa shape index (κ3) is 4.66. The van der Waals surface area contributed by atoms with Gasteiger partial charge in [0.05, 0.1) is 5.02 Å². The van der Waals surface area contributed by atoms with Gasteiger partial charge in [0, 0.05) is 18.8 Å². The number of halogens is 1. The summed E-state index contributed by atoms with van der Waals surface area (Å²) in [5.74, 6) is 0.219. The molecule has 28 heavy (non-hydrogen) atoms. The molecule has 1 saturated heterocycles. The van der Waals surface area contributed by atoms with Crippen LogP contribution in [0.4, 0.5) is 5.69 Å². The van der Waals surface area contributed by atoms with Crippen molar-refractivity contribution in [3.63, 3.8) is 0 Å². The molecule has 8 heteroatoms. The lowest BCUT2D eigenvalue weighted by Crippen LogP contribution is -2.28. The zero-order valence-electron chi connectivity index (χ0n) is 15.9. The number of sulfonamides is 1.